The first-order valence-corrected chi connectivity index (χ1v) is 4.41. The van der Waals surface area contributed by atoms with Gasteiger partial charge < -0.3 is 11.5 Å². The van der Waals surface area contributed by atoms with Crippen LogP contribution in [0, 0.1) is 19.0 Å². The second-order valence-electron chi connectivity index (χ2n) is 3.61. The van der Waals surface area contributed by atoms with Crippen LogP contribution >= 0.6 is 0 Å². The van der Waals surface area contributed by atoms with Crippen molar-refractivity contribution in [2.75, 3.05) is 6.54 Å². The minimum absolute atomic E-state index is 0. The first-order chi connectivity index (χ1) is 5.20. The molecule has 0 aromatic carbocycles. The fraction of sp³-hybridized carbons (Fsp3) is 0.700. The van der Waals surface area contributed by atoms with Crippen LogP contribution in [-0.4, -0.2) is 11.4 Å². The van der Waals surface area contributed by atoms with E-state index >= 15 is 0 Å². The molecule has 0 aromatic rings. The molecular weight excluding hydrogens is 223 g/mol. The van der Waals surface area contributed by atoms with Gasteiger partial charge in [-0.05, 0) is 18.9 Å². The fourth-order valence-electron chi connectivity index (χ4n) is 1.40. The van der Waals surface area contributed by atoms with Crippen LogP contribution in [0.15, 0.2) is 5.70 Å². The maximum absolute atomic E-state index is 5.89. The zero-order valence-corrected chi connectivity index (χ0v) is 10.9. The van der Waals surface area contributed by atoms with E-state index in [1.807, 2.05) is 0 Å². The van der Waals surface area contributed by atoms with E-state index in [2.05, 4.69) is 25.3 Å². The minimum Gasteiger partial charge on any atom is -0.555 e. The Hall–Kier alpha value is 0.644. The summed E-state index contributed by atoms with van der Waals surface area (Å²) in [6.45, 7) is 13.6. The second-order valence-corrected chi connectivity index (χ2v) is 3.61. The molecule has 1 heterocycles. The van der Waals surface area contributed by atoms with Crippen molar-refractivity contribution in [2.24, 2.45) is 5.92 Å². The van der Waals surface area contributed by atoms with Crippen molar-refractivity contribution in [3.05, 3.63) is 18.8 Å². The van der Waals surface area contributed by atoms with E-state index in [1.54, 1.807) is 0 Å². The number of likely N-dealkylation sites (tertiary alicyclic amines) is 1. The van der Waals surface area contributed by atoms with Gasteiger partial charge in [0.1, 0.15) is 0 Å². The van der Waals surface area contributed by atoms with Crippen LogP contribution in [0.4, 0.5) is 0 Å². The van der Waals surface area contributed by atoms with Crippen molar-refractivity contribution < 1.29 is 32.7 Å². The summed E-state index contributed by atoms with van der Waals surface area (Å²) in [7, 11) is 0. The fourth-order valence-corrected chi connectivity index (χ4v) is 1.40. The summed E-state index contributed by atoms with van der Waals surface area (Å²) >= 11 is 0. The Morgan fingerprint density at radius 2 is 2.25 bits per heavy atom. The monoisotopic (exact) mass is 240 g/mol. The van der Waals surface area contributed by atoms with Crippen LogP contribution in [-0.2, 0) is 32.7 Å². The van der Waals surface area contributed by atoms with Crippen molar-refractivity contribution in [1.82, 2.24) is 4.90 Å². The van der Waals surface area contributed by atoms with Gasteiger partial charge in [-0.25, -0.2) is 12.2 Å². The van der Waals surface area contributed by atoms with Crippen LogP contribution < -0.4 is 0 Å². The molecule has 0 unspecified atom stereocenters. The predicted octanol–water partition coefficient (Wildman–Crippen LogP) is 2.60. The normalized spacial score (nSPS) is 16.4. The van der Waals surface area contributed by atoms with Crippen LogP contribution in [0.5, 0.6) is 0 Å². The SMILES string of the molecule is [CH-]=C(CC(C)C)N1[CH-]CCC1.[Y]. The first-order valence-electron chi connectivity index (χ1n) is 4.41. The van der Waals surface area contributed by atoms with Crippen molar-refractivity contribution >= 4 is 0 Å². The van der Waals surface area contributed by atoms with E-state index < -0.39 is 0 Å². The van der Waals surface area contributed by atoms with E-state index in [4.69, 9.17) is 6.58 Å². The standard InChI is InChI=1S/C10H17N.Y/c1-9(2)8-10(3)11-6-4-5-7-11;/h3,6,9H,4-5,7-8H2,1-2H3;/q-2;. The molecule has 0 bridgehead atoms. The van der Waals surface area contributed by atoms with Crippen molar-refractivity contribution in [3.63, 3.8) is 0 Å². The summed E-state index contributed by atoms with van der Waals surface area (Å²) in [4.78, 5) is 2.19. The van der Waals surface area contributed by atoms with Gasteiger partial charge in [0, 0.05) is 32.7 Å². The zero-order valence-electron chi connectivity index (χ0n) is 8.09. The number of hydrogen-bond donors (Lipinski definition) is 0. The Kier molecular flexibility index (Phi) is 6.48. The molecule has 0 spiro atoms. The number of allylic oxidation sites excluding steroid dienone is 1. The topological polar surface area (TPSA) is 3.24 Å². The molecule has 0 aliphatic carbocycles. The van der Waals surface area contributed by atoms with E-state index in [0.29, 0.717) is 5.92 Å². The molecule has 67 valence electrons. The number of rotatable bonds is 3. The molecular formula is C10H17NY-2. The third-order valence-corrected chi connectivity index (χ3v) is 1.94. The Morgan fingerprint density at radius 1 is 1.58 bits per heavy atom. The molecule has 1 aliphatic heterocycles. The summed E-state index contributed by atoms with van der Waals surface area (Å²) in [6.07, 6.45) is 3.48. The first kappa shape index (κ1) is 12.6. The van der Waals surface area contributed by atoms with E-state index in [9.17, 15) is 0 Å². The smallest absolute Gasteiger partial charge is 0 e. The Morgan fingerprint density at radius 3 is 2.67 bits per heavy atom. The minimum atomic E-state index is 0. The molecule has 0 amide bonds. The molecule has 0 saturated carbocycles. The summed E-state index contributed by atoms with van der Waals surface area (Å²) in [5, 5.41) is 0. The summed E-state index contributed by atoms with van der Waals surface area (Å²) < 4.78 is 0. The van der Waals surface area contributed by atoms with Crippen molar-refractivity contribution in [1.29, 1.82) is 0 Å². The van der Waals surface area contributed by atoms with Gasteiger partial charge in [-0.3, -0.25) is 0 Å². The second kappa shape index (κ2) is 6.15. The molecule has 12 heavy (non-hydrogen) atoms. The van der Waals surface area contributed by atoms with Crippen LogP contribution in [0.1, 0.15) is 33.1 Å². The third kappa shape index (κ3) is 4.04. The van der Waals surface area contributed by atoms with Crippen LogP contribution in [0.2, 0.25) is 0 Å². The average Bonchev–Trinajstić information content (AvgIpc) is 2.35. The summed E-state index contributed by atoms with van der Waals surface area (Å²) in [6, 6.07) is 0. The van der Waals surface area contributed by atoms with Gasteiger partial charge in [0.2, 0.25) is 0 Å². The molecule has 1 fully saturated rings. The van der Waals surface area contributed by atoms with Gasteiger partial charge in [-0.2, -0.15) is 6.42 Å². The largest absolute Gasteiger partial charge is 0.555 e. The average molecular weight is 240 g/mol. The molecule has 1 nitrogen and oxygen atoms in total. The molecule has 1 saturated heterocycles. The summed E-state index contributed by atoms with van der Waals surface area (Å²) in [5.74, 6) is 0.670. The van der Waals surface area contributed by atoms with Crippen molar-refractivity contribution in [2.45, 2.75) is 33.1 Å². The Bertz CT molecular complexity index is 137. The third-order valence-electron chi connectivity index (χ3n) is 1.94. The molecule has 1 radical (unpaired) electrons. The zero-order chi connectivity index (χ0) is 8.27. The molecule has 2 heteroatoms. The number of nitrogens with zero attached hydrogens (tertiary/aromatic N) is 1. The Labute approximate surface area is 101 Å². The van der Waals surface area contributed by atoms with Gasteiger partial charge in [0.25, 0.3) is 0 Å². The van der Waals surface area contributed by atoms with Crippen LogP contribution in [0.3, 0.4) is 0 Å². The van der Waals surface area contributed by atoms with Gasteiger partial charge in [0.05, 0.1) is 0 Å². The van der Waals surface area contributed by atoms with Gasteiger partial charge >= 0.3 is 0 Å². The van der Waals surface area contributed by atoms with E-state index in [1.165, 1.54) is 12.8 Å². The van der Waals surface area contributed by atoms with Gasteiger partial charge in [0.15, 0.2) is 0 Å². The maximum Gasteiger partial charge on any atom is 0 e. The number of hydrogen-bond acceptors (Lipinski definition) is 1. The van der Waals surface area contributed by atoms with Gasteiger partial charge in [-0.15, -0.1) is 0 Å². The van der Waals surface area contributed by atoms with Crippen LogP contribution in [0.25, 0.3) is 0 Å². The predicted molar refractivity (Wildman–Crippen MR) is 47.5 cm³/mol. The van der Waals surface area contributed by atoms with Crippen molar-refractivity contribution in [3.8, 4) is 0 Å². The van der Waals surface area contributed by atoms with Gasteiger partial charge in [-0.1, -0.05) is 20.3 Å². The molecule has 1 aliphatic rings. The van der Waals surface area contributed by atoms with E-state index in [-0.39, 0.29) is 32.7 Å². The molecule has 0 N–H and O–H groups in total. The molecule has 0 atom stereocenters. The maximum atomic E-state index is 5.89. The summed E-state index contributed by atoms with van der Waals surface area (Å²) in [5.41, 5.74) is 1.04. The molecule has 1 rings (SSSR count). The Balaban J connectivity index is 0.00000121. The molecule has 0 aromatic heterocycles. The van der Waals surface area contributed by atoms with E-state index in [0.717, 1.165) is 18.7 Å². The quantitative estimate of drug-likeness (QED) is 0.685.